The first-order chi connectivity index (χ1) is 15.7. The summed E-state index contributed by atoms with van der Waals surface area (Å²) in [5, 5.41) is 31.4. The molecule has 33 heavy (non-hydrogen) atoms. The zero-order valence-electron chi connectivity index (χ0n) is 19.1. The van der Waals surface area contributed by atoms with E-state index in [0.717, 1.165) is 22.3 Å². The Morgan fingerprint density at radius 3 is 1.79 bits per heavy atom. The van der Waals surface area contributed by atoms with Crippen LogP contribution in [0.15, 0.2) is 72.8 Å². The summed E-state index contributed by atoms with van der Waals surface area (Å²) < 4.78 is 6.14. The van der Waals surface area contributed by atoms with Gasteiger partial charge >= 0.3 is 0 Å². The molecule has 5 nitrogen and oxygen atoms in total. The van der Waals surface area contributed by atoms with Crippen LogP contribution in [0.1, 0.15) is 22.3 Å². The van der Waals surface area contributed by atoms with Crippen LogP contribution in [-0.2, 0) is 0 Å². The van der Waals surface area contributed by atoms with Crippen molar-refractivity contribution in [2.24, 2.45) is 0 Å². The minimum atomic E-state index is 0.103. The van der Waals surface area contributed by atoms with E-state index in [0.29, 0.717) is 28.6 Å². The smallest absolute Gasteiger partial charge is 0.139 e. The summed E-state index contributed by atoms with van der Waals surface area (Å²) in [5.74, 6) is 1.66. The maximum absolute atomic E-state index is 10.7. The summed E-state index contributed by atoms with van der Waals surface area (Å²) in [7, 11) is 0. The van der Waals surface area contributed by atoms with Crippen LogP contribution in [-0.4, -0.2) is 15.3 Å². The first-order valence-corrected chi connectivity index (χ1v) is 10.7. The third-order valence-electron chi connectivity index (χ3n) is 5.54. The average molecular weight is 442 g/mol. The Hall–Kier alpha value is -4.12. The number of phenolic OH excluding ortho intramolecular Hbond substituents is 3. The number of anilines is 3. The van der Waals surface area contributed by atoms with E-state index in [4.69, 9.17) is 4.74 Å². The van der Waals surface area contributed by atoms with Crippen LogP contribution >= 0.6 is 0 Å². The monoisotopic (exact) mass is 441 g/mol. The highest BCUT2D eigenvalue weighted by Gasteiger charge is 2.20. The van der Waals surface area contributed by atoms with E-state index in [-0.39, 0.29) is 17.2 Å². The molecule has 5 heteroatoms. The molecule has 0 heterocycles. The molecule has 4 rings (SSSR count). The topological polar surface area (TPSA) is 73.2 Å². The van der Waals surface area contributed by atoms with Gasteiger partial charge in [-0.05, 0) is 98.5 Å². The van der Waals surface area contributed by atoms with Crippen molar-refractivity contribution in [1.29, 1.82) is 0 Å². The molecule has 0 saturated carbocycles. The van der Waals surface area contributed by atoms with Crippen molar-refractivity contribution in [3.8, 4) is 28.7 Å². The molecule has 0 aliphatic rings. The summed E-state index contributed by atoms with van der Waals surface area (Å²) >= 11 is 0. The van der Waals surface area contributed by atoms with E-state index >= 15 is 0 Å². The van der Waals surface area contributed by atoms with Crippen LogP contribution < -0.4 is 9.64 Å². The molecule has 0 spiro atoms. The predicted molar refractivity (Wildman–Crippen MR) is 132 cm³/mol. The third kappa shape index (κ3) is 4.58. The van der Waals surface area contributed by atoms with Gasteiger partial charge in [-0.2, -0.15) is 0 Å². The lowest BCUT2D eigenvalue weighted by molar-refractivity contribution is 0.458. The number of aromatic hydroxyl groups is 3. The third-order valence-corrected chi connectivity index (χ3v) is 5.54. The minimum absolute atomic E-state index is 0.103. The molecule has 0 bridgehead atoms. The molecule has 0 aliphatic carbocycles. The van der Waals surface area contributed by atoms with E-state index in [1.165, 1.54) is 0 Å². The summed E-state index contributed by atoms with van der Waals surface area (Å²) in [5.41, 5.74) is 5.18. The maximum Gasteiger partial charge on any atom is 0.139 e. The number of hydrogen-bond acceptors (Lipinski definition) is 5. The molecule has 0 unspecified atom stereocenters. The molecule has 4 aromatic rings. The van der Waals surface area contributed by atoms with Gasteiger partial charge in [0.25, 0.3) is 0 Å². The largest absolute Gasteiger partial charge is 0.508 e. The Balaban J connectivity index is 1.82. The fourth-order valence-corrected chi connectivity index (χ4v) is 3.75. The second kappa shape index (κ2) is 8.79. The van der Waals surface area contributed by atoms with Crippen LogP contribution in [0.4, 0.5) is 17.1 Å². The summed E-state index contributed by atoms with van der Waals surface area (Å²) in [4.78, 5) is 1.80. The van der Waals surface area contributed by atoms with Crippen molar-refractivity contribution in [1.82, 2.24) is 0 Å². The van der Waals surface area contributed by atoms with Crippen molar-refractivity contribution in [3.63, 3.8) is 0 Å². The number of benzene rings is 4. The van der Waals surface area contributed by atoms with Crippen LogP contribution in [0.3, 0.4) is 0 Å². The van der Waals surface area contributed by atoms with E-state index in [2.05, 4.69) is 0 Å². The van der Waals surface area contributed by atoms with Crippen molar-refractivity contribution in [2.75, 3.05) is 4.90 Å². The number of nitrogens with zero attached hydrogens (tertiary/aromatic N) is 1. The van der Waals surface area contributed by atoms with Crippen LogP contribution in [0.5, 0.6) is 28.7 Å². The van der Waals surface area contributed by atoms with Gasteiger partial charge in [0.2, 0.25) is 0 Å². The van der Waals surface area contributed by atoms with Gasteiger partial charge < -0.3 is 25.0 Å². The molecule has 0 saturated heterocycles. The first kappa shape index (κ1) is 22.1. The number of ether oxygens (including phenoxy) is 1. The highest BCUT2D eigenvalue weighted by atomic mass is 16.5. The normalized spacial score (nSPS) is 10.8. The van der Waals surface area contributed by atoms with Gasteiger partial charge in [0.05, 0.1) is 17.1 Å². The molecule has 0 amide bonds. The Morgan fingerprint density at radius 1 is 0.606 bits per heavy atom. The molecular formula is C28H27NO4. The molecule has 4 aromatic carbocycles. The van der Waals surface area contributed by atoms with Crippen molar-refractivity contribution in [3.05, 3.63) is 95.1 Å². The van der Waals surface area contributed by atoms with E-state index in [9.17, 15) is 15.3 Å². The second-order valence-corrected chi connectivity index (χ2v) is 8.32. The molecule has 0 atom stereocenters. The lowest BCUT2D eigenvalue weighted by Gasteiger charge is -2.27. The first-order valence-electron chi connectivity index (χ1n) is 10.7. The van der Waals surface area contributed by atoms with Crippen molar-refractivity contribution >= 4 is 17.1 Å². The Morgan fingerprint density at radius 2 is 1.21 bits per heavy atom. The van der Waals surface area contributed by atoms with Crippen LogP contribution in [0.2, 0.25) is 0 Å². The summed E-state index contributed by atoms with van der Waals surface area (Å²) in [6.07, 6.45) is 0. The summed E-state index contributed by atoms with van der Waals surface area (Å²) in [6, 6.07) is 21.8. The molecule has 0 fully saturated rings. The zero-order valence-corrected chi connectivity index (χ0v) is 19.1. The average Bonchev–Trinajstić information content (AvgIpc) is 2.75. The van der Waals surface area contributed by atoms with E-state index in [1.54, 1.807) is 29.2 Å². The van der Waals surface area contributed by atoms with Gasteiger partial charge in [0.15, 0.2) is 0 Å². The van der Waals surface area contributed by atoms with Gasteiger partial charge in [0.1, 0.15) is 28.7 Å². The highest BCUT2D eigenvalue weighted by Crippen LogP contribution is 2.45. The zero-order chi connectivity index (χ0) is 23.7. The Labute approximate surface area is 193 Å². The lowest BCUT2D eigenvalue weighted by atomic mass is 10.1. The second-order valence-electron chi connectivity index (χ2n) is 8.32. The Kier molecular flexibility index (Phi) is 5.88. The fourth-order valence-electron chi connectivity index (χ4n) is 3.75. The van der Waals surface area contributed by atoms with E-state index in [1.807, 2.05) is 76.2 Å². The Bertz CT molecular complexity index is 1280. The molecule has 0 aromatic heterocycles. The standard InChI is InChI=1S/C28H27NO4/c1-17-8-10-23(26(31)12-17)29(24-11-9-18(2)13-27(24)32)21-6-5-7-22(16-21)33-28-15-19(3)25(30)14-20(28)4/h5-16,30-32H,1-4H3. The minimum Gasteiger partial charge on any atom is -0.508 e. The van der Waals surface area contributed by atoms with Crippen molar-refractivity contribution in [2.45, 2.75) is 27.7 Å². The van der Waals surface area contributed by atoms with Crippen LogP contribution in [0.25, 0.3) is 0 Å². The molecule has 3 N–H and O–H groups in total. The molecular weight excluding hydrogens is 414 g/mol. The van der Waals surface area contributed by atoms with Gasteiger partial charge in [0, 0.05) is 6.07 Å². The van der Waals surface area contributed by atoms with Crippen LogP contribution in [0, 0.1) is 27.7 Å². The number of rotatable bonds is 5. The SMILES string of the molecule is Cc1ccc(N(c2cccc(Oc3cc(C)c(O)cc3C)c2)c2ccc(C)cc2O)c(O)c1. The van der Waals surface area contributed by atoms with E-state index < -0.39 is 0 Å². The molecule has 0 aliphatic heterocycles. The molecule has 0 radical (unpaired) electrons. The summed E-state index contributed by atoms with van der Waals surface area (Å²) in [6.45, 7) is 7.51. The fraction of sp³-hybridized carbons (Fsp3) is 0.143. The lowest BCUT2D eigenvalue weighted by Crippen LogP contribution is -2.10. The van der Waals surface area contributed by atoms with Gasteiger partial charge in [-0.1, -0.05) is 18.2 Å². The van der Waals surface area contributed by atoms with Gasteiger partial charge in [-0.3, -0.25) is 0 Å². The number of hydrogen-bond donors (Lipinski definition) is 3. The number of aryl methyl sites for hydroxylation is 4. The maximum atomic E-state index is 10.7. The highest BCUT2D eigenvalue weighted by molar-refractivity contribution is 5.83. The number of phenols is 3. The quantitative estimate of drug-likeness (QED) is 0.303. The molecule has 168 valence electrons. The van der Waals surface area contributed by atoms with Crippen molar-refractivity contribution < 1.29 is 20.1 Å². The predicted octanol–water partition coefficient (Wildman–Crippen LogP) is 7.30. The van der Waals surface area contributed by atoms with Gasteiger partial charge in [-0.15, -0.1) is 0 Å². The van der Waals surface area contributed by atoms with Gasteiger partial charge in [-0.25, -0.2) is 0 Å².